The summed E-state index contributed by atoms with van der Waals surface area (Å²) in [6.45, 7) is 4.39. The monoisotopic (exact) mass is 287 g/mol. The SMILES string of the molecule is CCN1CCCC1CNC(=O)NC(CC(=O)O)C(=O)O. The molecule has 1 heterocycles. The lowest BCUT2D eigenvalue weighted by Crippen LogP contribution is -2.49. The molecule has 1 saturated heterocycles. The third-order valence-electron chi connectivity index (χ3n) is 3.39. The van der Waals surface area contributed by atoms with E-state index >= 15 is 0 Å². The molecule has 114 valence electrons. The van der Waals surface area contributed by atoms with E-state index in [2.05, 4.69) is 15.5 Å². The van der Waals surface area contributed by atoms with Crippen molar-refractivity contribution in [3.8, 4) is 0 Å². The molecule has 0 bridgehead atoms. The van der Waals surface area contributed by atoms with Crippen LogP contribution in [-0.4, -0.2) is 64.8 Å². The van der Waals surface area contributed by atoms with Crippen LogP contribution in [0.4, 0.5) is 4.79 Å². The van der Waals surface area contributed by atoms with Crippen LogP contribution in [0.15, 0.2) is 0 Å². The molecule has 2 amide bonds. The van der Waals surface area contributed by atoms with Crippen molar-refractivity contribution in [1.29, 1.82) is 0 Å². The summed E-state index contributed by atoms with van der Waals surface area (Å²) >= 11 is 0. The largest absolute Gasteiger partial charge is 0.481 e. The van der Waals surface area contributed by atoms with Crippen LogP contribution in [0, 0.1) is 0 Å². The maximum atomic E-state index is 11.6. The number of likely N-dealkylation sites (N-methyl/N-ethyl adjacent to an activating group) is 1. The van der Waals surface area contributed by atoms with Crippen LogP contribution in [-0.2, 0) is 9.59 Å². The van der Waals surface area contributed by atoms with E-state index in [0.29, 0.717) is 6.54 Å². The number of nitrogens with one attached hydrogen (secondary N) is 2. The van der Waals surface area contributed by atoms with Crippen LogP contribution in [0.5, 0.6) is 0 Å². The number of carboxylic acid groups (broad SMARTS) is 2. The van der Waals surface area contributed by atoms with Crippen molar-refractivity contribution in [2.75, 3.05) is 19.6 Å². The van der Waals surface area contributed by atoms with Gasteiger partial charge in [-0.15, -0.1) is 0 Å². The molecular formula is C12H21N3O5. The van der Waals surface area contributed by atoms with Crippen LogP contribution < -0.4 is 10.6 Å². The highest BCUT2D eigenvalue weighted by molar-refractivity contribution is 5.86. The summed E-state index contributed by atoms with van der Waals surface area (Å²) in [6, 6.07) is -1.81. The molecule has 0 aromatic rings. The van der Waals surface area contributed by atoms with Gasteiger partial charge in [0, 0.05) is 12.6 Å². The number of nitrogens with zero attached hydrogens (tertiary/aromatic N) is 1. The van der Waals surface area contributed by atoms with Gasteiger partial charge in [-0.2, -0.15) is 0 Å². The van der Waals surface area contributed by atoms with Crippen molar-refractivity contribution >= 4 is 18.0 Å². The summed E-state index contributed by atoms with van der Waals surface area (Å²) in [5.41, 5.74) is 0. The molecule has 8 nitrogen and oxygen atoms in total. The van der Waals surface area contributed by atoms with E-state index < -0.39 is 30.4 Å². The third kappa shape index (κ3) is 5.04. The Morgan fingerprint density at radius 1 is 1.35 bits per heavy atom. The number of carboxylic acids is 2. The number of urea groups is 1. The molecular weight excluding hydrogens is 266 g/mol. The van der Waals surface area contributed by atoms with Crippen molar-refractivity contribution in [3.05, 3.63) is 0 Å². The number of amides is 2. The van der Waals surface area contributed by atoms with Gasteiger partial charge in [0.25, 0.3) is 0 Å². The Labute approximate surface area is 117 Å². The highest BCUT2D eigenvalue weighted by Crippen LogP contribution is 2.15. The molecule has 1 fully saturated rings. The zero-order chi connectivity index (χ0) is 15.1. The Balaban J connectivity index is 2.38. The smallest absolute Gasteiger partial charge is 0.326 e. The van der Waals surface area contributed by atoms with Crippen LogP contribution in [0.3, 0.4) is 0 Å². The van der Waals surface area contributed by atoms with Crippen LogP contribution >= 0.6 is 0 Å². The Morgan fingerprint density at radius 2 is 2.05 bits per heavy atom. The fourth-order valence-electron chi connectivity index (χ4n) is 2.34. The van der Waals surface area contributed by atoms with Gasteiger partial charge in [-0.3, -0.25) is 9.69 Å². The van der Waals surface area contributed by atoms with Gasteiger partial charge >= 0.3 is 18.0 Å². The van der Waals surface area contributed by atoms with Crippen molar-refractivity contribution < 1.29 is 24.6 Å². The van der Waals surface area contributed by atoms with Gasteiger partial charge < -0.3 is 20.8 Å². The van der Waals surface area contributed by atoms with Crippen molar-refractivity contribution in [1.82, 2.24) is 15.5 Å². The molecule has 4 N–H and O–H groups in total. The van der Waals surface area contributed by atoms with E-state index in [1.807, 2.05) is 6.92 Å². The fourth-order valence-corrected chi connectivity index (χ4v) is 2.34. The van der Waals surface area contributed by atoms with E-state index in [-0.39, 0.29) is 6.04 Å². The van der Waals surface area contributed by atoms with Gasteiger partial charge in [-0.05, 0) is 25.9 Å². The molecule has 8 heteroatoms. The Bertz CT molecular complexity index is 374. The minimum Gasteiger partial charge on any atom is -0.481 e. The van der Waals surface area contributed by atoms with Gasteiger partial charge in [0.15, 0.2) is 0 Å². The molecule has 1 aliphatic heterocycles. The number of aliphatic carboxylic acids is 2. The number of rotatable bonds is 7. The number of carbonyl (C=O) groups excluding carboxylic acids is 1. The standard InChI is InChI=1S/C12H21N3O5/c1-2-15-5-3-4-8(15)7-13-12(20)14-9(11(18)19)6-10(16)17/h8-9H,2-7H2,1H3,(H,16,17)(H,18,19)(H2,13,14,20). The first-order chi connectivity index (χ1) is 9.43. The van der Waals surface area contributed by atoms with Gasteiger partial charge in [-0.25, -0.2) is 9.59 Å². The van der Waals surface area contributed by atoms with Gasteiger partial charge in [0.05, 0.1) is 6.42 Å². The van der Waals surface area contributed by atoms with Crippen molar-refractivity contribution in [2.24, 2.45) is 0 Å². The molecule has 1 rings (SSSR count). The average Bonchev–Trinajstić information content (AvgIpc) is 2.82. The van der Waals surface area contributed by atoms with E-state index in [1.165, 1.54) is 0 Å². The highest BCUT2D eigenvalue weighted by atomic mass is 16.4. The first-order valence-electron chi connectivity index (χ1n) is 6.67. The predicted octanol–water partition coefficient (Wildman–Crippen LogP) is -0.302. The molecule has 0 saturated carbocycles. The molecule has 0 radical (unpaired) electrons. The normalized spacial score (nSPS) is 20.4. The number of likely N-dealkylation sites (tertiary alicyclic amines) is 1. The molecule has 0 spiro atoms. The quantitative estimate of drug-likeness (QED) is 0.510. The van der Waals surface area contributed by atoms with E-state index in [0.717, 1.165) is 25.9 Å². The van der Waals surface area contributed by atoms with E-state index in [1.54, 1.807) is 0 Å². The summed E-state index contributed by atoms with van der Waals surface area (Å²) in [7, 11) is 0. The van der Waals surface area contributed by atoms with Gasteiger partial charge in [0.1, 0.15) is 6.04 Å². The van der Waals surface area contributed by atoms with Crippen molar-refractivity contribution in [2.45, 2.75) is 38.3 Å². The third-order valence-corrected chi connectivity index (χ3v) is 3.39. The zero-order valence-corrected chi connectivity index (χ0v) is 11.5. The first kappa shape index (κ1) is 16.2. The lowest BCUT2D eigenvalue weighted by molar-refractivity contribution is -0.145. The molecule has 2 atom stereocenters. The lowest BCUT2D eigenvalue weighted by atomic mass is 10.2. The first-order valence-corrected chi connectivity index (χ1v) is 6.67. The maximum absolute atomic E-state index is 11.6. The van der Waals surface area contributed by atoms with Gasteiger partial charge in [-0.1, -0.05) is 6.92 Å². The van der Waals surface area contributed by atoms with E-state index in [9.17, 15) is 14.4 Å². The second-order valence-corrected chi connectivity index (χ2v) is 4.77. The molecule has 20 heavy (non-hydrogen) atoms. The number of carbonyl (C=O) groups is 3. The fraction of sp³-hybridized carbons (Fsp3) is 0.750. The second-order valence-electron chi connectivity index (χ2n) is 4.77. The highest BCUT2D eigenvalue weighted by Gasteiger charge is 2.25. The molecule has 1 aliphatic rings. The van der Waals surface area contributed by atoms with Crippen LogP contribution in [0.25, 0.3) is 0 Å². The molecule has 0 aromatic carbocycles. The summed E-state index contributed by atoms with van der Waals surface area (Å²) in [5, 5.41) is 22.1. The van der Waals surface area contributed by atoms with Crippen LogP contribution in [0.2, 0.25) is 0 Å². The van der Waals surface area contributed by atoms with Crippen LogP contribution in [0.1, 0.15) is 26.2 Å². The summed E-state index contributed by atoms with van der Waals surface area (Å²) in [4.78, 5) is 35.2. The lowest BCUT2D eigenvalue weighted by Gasteiger charge is -2.23. The predicted molar refractivity (Wildman–Crippen MR) is 70.5 cm³/mol. The molecule has 0 aromatic heterocycles. The minimum absolute atomic E-state index is 0.258. The maximum Gasteiger partial charge on any atom is 0.326 e. The number of hydrogen-bond donors (Lipinski definition) is 4. The Kier molecular flexibility index (Phi) is 6.23. The summed E-state index contributed by atoms with van der Waals surface area (Å²) < 4.78 is 0. The zero-order valence-electron chi connectivity index (χ0n) is 11.5. The summed E-state index contributed by atoms with van der Waals surface area (Å²) in [5.74, 6) is -2.63. The molecule has 2 unspecified atom stereocenters. The van der Waals surface area contributed by atoms with Crippen molar-refractivity contribution in [3.63, 3.8) is 0 Å². The van der Waals surface area contributed by atoms with E-state index in [4.69, 9.17) is 10.2 Å². The number of hydrogen-bond acceptors (Lipinski definition) is 4. The molecule has 0 aliphatic carbocycles. The minimum atomic E-state index is -1.42. The second kappa shape index (κ2) is 7.68. The average molecular weight is 287 g/mol. The topological polar surface area (TPSA) is 119 Å². The Hall–Kier alpha value is -1.83. The Morgan fingerprint density at radius 3 is 2.60 bits per heavy atom. The summed E-state index contributed by atoms with van der Waals surface area (Å²) in [6.07, 6.45) is 1.43. The van der Waals surface area contributed by atoms with Gasteiger partial charge in [0.2, 0.25) is 0 Å².